The fourth-order valence-electron chi connectivity index (χ4n) is 2.45. The van der Waals surface area contributed by atoms with Gasteiger partial charge in [-0.1, -0.05) is 24.3 Å². The third-order valence-electron chi connectivity index (χ3n) is 3.84. The minimum Gasteiger partial charge on any atom is -0.379 e. The van der Waals surface area contributed by atoms with E-state index in [0.29, 0.717) is 6.54 Å². The molecule has 130 valence electrons. The number of aliphatic imine (C=N–C) groups is 1. The summed E-state index contributed by atoms with van der Waals surface area (Å²) in [5.74, 6) is 0.888. The Kier molecular flexibility index (Phi) is 10.2. The first-order chi connectivity index (χ1) is 10.8. The van der Waals surface area contributed by atoms with Crippen LogP contribution in [-0.4, -0.2) is 56.8 Å². The van der Waals surface area contributed by atoms with Crippen molar-refractivity contribution < 1.29 is 4.74 Å². The monoisotopic (exact) mass is 432 g/mol. The minimum atomic E-state index is 0. The molecule has 6 heteroatoms. The van der Waals surface area contributed by atoms with Crippen molar-refractivity contribution in [2.45, 2.75) is 20.4 Å². The lowest BCUT2D eigenvalue weighted by Crippen LogP contribution is -2.44. The molecule has 0 aliphatic carbocycles. The van der Waals surface area contributed by atoms with Crippen molar-refractivity contribution in [1.82, 2.24) is 15.5 Å². The summed E-state index contributed by atoms with van der Waals surface area (Å²) in [5, 5.41) is 6.72. The standard InChI is InChI=1S/C17H28N4O.HI/c1-3-18-17(19-8-9-21-10-12-22-13-11-21)20-14-16-7-5-4-6-15(16)2;/h4-7H,3,8-14H2,1-2H3,(H2,18,19,20);1H. The smallest absolute Gasteiger partial charge is 0.191 e. The van der Waals surface area contributed by atoms with Gasteiger partial charge in [0.25, 0.3) is 0 Å². The average Bonchev–Trinajstić information content (AvgIpc) is 2.55. The number of hydrogen-bond acceptors (Lipinski definition) is 3. The third-order valence-corrected chi connectivity index (χ3v) is 3.84. The average molecular weight is 432 g/mol. The molecule has 0 aromatic heterocycles. The van der Waals surface area contributed by atoms with E-state index < -0.39 is 0 Å². The predicted octanol–water partition coefficient (Wildman–Crippen LogP) is 2.00. The number of guanidine groups is 1. The summed E-state index contributed by atoms with van der Waals surface area (Å²) in [5.41, 5.74) is 2.56. The minimum absolute atomic E-state index is 0. The second-order valence-corrected chi connectivity index (χ2v) is 5.50. The van der Waals surface area contributed by atoms with Crippen LogP contribution in [0.25, 0.3) is 0 Å². The Morgan fingerprint density at radius 3 is 2.65 bits per heavy atom. The van der Waals surface area contributed by atoms with E-state index in [-0.39, 0.29) is 24.0 Å². The Balaban J connectivity index is 0.00000264. The Hall–Kier alpha value is -0.860. The van der Waals surface area contributed by atoms with Crippen molar-refractivity contribution in [2.24, 2.45) is 4.99 Å². The fourth-order valence-corrected chi connectivity index (χ4v) is 2.45. The van der Waals surface area contributed by atoms with Gasteiger partial charge in [0.05, 0.1) is 19.8 Å². The van der Waals surface area contributed by atoms with Crippen LogP contribution in [0.3, 0.4) is 0 Å². The summed E-state index contributed by atoms with van der Waals surface area (Å²) in [4.78, 5) is 7.10. The van der Waals surface area contributed by atoms with Crippen molar-refractivity contribution in [2.75, 3.05) is 45.9 Å². The number of benzene rings is 1. The van der Waals surface area contributed by atoms with E-state index in [1.807, 2.05) is 0 Å². The molecular weight excluding hydrogens is 403 g/mol. The van der Waals surface area contributed by atoms with Crippen LogP contribution >= 0.6 is 24.0 Å². The highest BCUT2D eigenvalue weighted by molar-refractivity contribution is 14.0. The van der Waals surface area contributed by atoms with Gasteiger partial charge in [-0.3, -0.25) is 4.90 Å². The van der Waals surface area contributed by atoms with E-state index in [1.165, 1.54) is 11.1 Å². The number of nitrogens with zero attached hydrogens (tertiary/aromatic N) is 2. The van der Waals surface area contributed by atoms with E-state index >= 15 is 0 Å². The highest BCUT2D eigenvalue weighted by atomic mass is 127. The highest BCUT2D eigenvalue weighted by Gasteiger charge is 2.09. The predicted molar refractivity (Wildman–Crippen MR) is 107 cm³/mol. The van der Waals surface area contributed by atoms with Crippen molar-refractivity contribution in [1.29, 1.82) is 0 Å². The Morgan fingerprint density at radius 1 is 1.22 bits per heavy atom. The second-order valence-electron chi connectivity index (χ2n) is 5.50. The largest absolute Gasteiger partial charge is 0.379 e. The maximum absolute atomic E-state index is 5.37. The SMILES string of the molecule is CCNC(=NCc1ccccc1C)NCCN1CCOCC1.I. The highest BCUT2D eigenvalue weighted by Crippen LogP contribution is 2.07. The number of halogens is 1. The molecule has 0 radical (unpaired) electrons. The van der Waals surface area contributed by atoms with Crippen LogP contribution in [0.15, 0.2) is 29.3 Å². The Bertz CT molecular complexity index is 475. The van der Waals surface area contributed by atoms with Gasteiger partial charge in [0.15, 0.2) is 5.96 Å². The van der Waals surface area contributed by atoms with Gasteiger partial charge in [-0.05, 0) is 25.0 Å². The summed E-state index contributed by atoms with van der Waals surface area (Å²) < 4.78 is 5.37. The van der Waals surface area contributed by atoms with Crippen molar-refractivity contribution in [3.8, 4) is 0 Å². The summed E-state index contributed by atoms with van der Waals surface area (Å²) in [6, 6.07) is 8.39. The lowest BCUT2D eigenvalue weighted by atomic mass is 10.1. The molecule has 0 spiro atoms. The molecule has 0 amide bonds. The molecule has 1 aliphatic rings. The van der Waals surface area contributed by atoms with Gasteiger partial charge >= 0.3 is 0 Å². The van der Waals surface area contributed by atoms with Crippen molar-refractivity contribution >= 4 is 29.9 Å². The van der Waals surface area contributed by atoms with Gasteiger partial charge in [-0.15, -0.1) is 24.0 Å². The Morgan fingerprint density at radius 2 is 1.96 bits per heavy atom. The molecule has 1 heterocycles. The van der Waals surface area contributed by atoms with Crippen molar-refractivity contribution in [3.63, 3.8) is 0 Å². The van der Waals surface area contributed by atoms with Crippen LogP contribution in [0.4, 0.5) is 0 Å². The first kappa shape index (κ1) is 20.2. The zero-order chi connectivity index (χ0) is 15.6. The van der Waals surface area contributed by atoms with Gasteiger partial charge in [-0.2, -0.15) is 0 Å². The quantitative estimate of drug-likeness (QED) is 0.410. The first-order valence-electron chi connectivity index (χ1n) is 8.16. The van der Waals surface area contributed by atoms with E-state index in [1.54, 1.807) is 0 Å². The zero-order valence-corrected chi connectivity index (χ0v) is 16.5. The first-order valence-corrected chi connectivity index (χ1v) is 8.16. The molecule has 23 heavy (non-hydrogen) atoms. The second kappa shape index (κ2) is 11.6. The van der Waals surface area contributed by atoms with Crippen LogP contribution in [-0.2, 0) is 11.3 Å². The molecule has 0 bridgehead atoms. The number of aryl methyl sites for hydroxylation is 1. The molecule has 1 aromatic rings. The summed E-state index contributed by atoms with van der Waals surface area (Å²) >= 11 is 0. The van der Waals surface area contributed by atoms with Crippen LogP contribution in [0.2, 0.25) is 0 Å². The fraction of sp³-hybridized carbons (Fsp3) is 0.588. The van der Waals surface area contributed by atoms with Crippen LogP contribution in [0, 0.1) is 6.92 Å². The van der Waals surface area contributed by atoms with Gasteiger partial charge < -0.3 is 15.4 Å². The molecule has 1 fully saturated rings. The lowest BCUT2D eigenvalue weighted by molar-refractivity contribution is 0.0389. The molecule has 1 saturated heterocycles. The maximum Gasteiger partial charge on any atom is 0.191 e. The van der Waals surface area contributed by atoms with Gasteiger partial charge in [0, 0.05) is 32.7 Å². The third kappa shape index (κ3) is 7.50. The van der Waals surface area contributed by atoms with E-state index in [9.17, 15) is 0 Å². The van der Waals surface area contributed by atoms with Crippen LogP contribution < -0.4 is 10.6 Å². The van der Waals surface area contributed by atoms with E-state index in [2.05, 4.69) is 58.6 Å². The summed E-state index contributed by atoms with van der Waals surface area (Å²) in [6.45, 7) is 11.5. The molecular formula is C17H29IN4O. The molecule has 0 unspecified atom stereocenters. The molecule has 2 rings (SSSR count). The van der Waals surface area contributed by atoms with Crippen LogP contribution in [0.5, 0.6) is 0 Å². The van der Waals surface area contributed by atoms with Gasteiger partial charge in [0.2, 0.25) is 0 Å². The molecule has 1 aliphatic heterocycles. The number of morpholine rings is 1. The lowest BCUT2D eigenvalue weighted by Gasteiger charge is -2.26. The summed E-state index contributed by atoms with van der Waals surface area (Å²) in [7, 11) is 0. The number of ether oxygens (including phenoxy) is 1. The zero-order valence-electron chi connectivity index (χ0n) is 14.2. The van der Waals surface area contributed by atoms with E-state index in [4.69, 9.17) is 4.74 Å². The molecule has 0 saturated carbocycles. The molecule has 2 N–H and O–H groups in total. The Labute approximate surface area is 156 Å². The number of hydrogen-bond donors (Lipinski definition) is 2. The topological polar surface area (TPSA) is 48.9 Å². The molecule has 5 nitrogen and oxygen atoms in total. The normalized spacial score (nSPS) is 15.8. The van der Waals surface area contributed by atoms with Gasteiger partial charge in [-0.25, -0.2) is 4.99 Å². The van der Waals surface area contributed by atoms with Gasteiger partial charge in [0.1, 0.15) is 0 Å². The number of nitrogens with one attached hydrogen (secondary N) is 2. The van der Waals surface area contributed by atoms with Crippen LogP contribution in [0.1, 0.15) is 18.1 Å². The van der Waals surface area contributed by atoms with Crippen molar-refractivity contribution in [3.05, 3.63) is 35.4 Å². The maximum atomic E-state index is 5.37. The number of rotatable bonds is 6. The molecule has 0 atom stereocenters. The molecule has 1 aromatic carbocycles. The van der Waals surface area contributed by atoms with E-state index in [0.717, 1.165) is 51.9 Å². The summed E-state index contributed by atoms with van der Waals surface area (Å²) in [6.07, 6.45) is 0.